The van der Waals surface area contributed by atoms with Crippen LogP contribution in [0.15, 0.2) is 29.2 Å². The van der Waals surface area contributed by atoms with E-state index in [1.165, 1.54) is 18.2 Å². The van der Waals surface area contributed by atoms with E-state index in [2.05, 4.69) is 5.43 Å². The van der Waals surface area contributed by atoms with Gasteiger partial charge >= 0.3 is 0 Å². The first kappa shape index (κ1) is 11.0. The molecule has 6 heteroatoms. The Morgan fingerprint density at radius 2 is 2.00 bits per heavy atom. The Kier molecular flexibility index (Phi) is 3.10. The number of hydrogen-bond donors (Lipinski definition) is 1. The Balaban J connectivity index is 3.02. The minimum Gasteiger partial charge on any atom is -0.282 e. The van der Waals surface area contributed by atoms with Crippen LogP contribution in [0.1, 0.15) is 0 Å². The van der Waals surface area contributed by atoms with Crippen LogP contribution in [-0.4, -0.2) is 32.1 Å². The van der Waals surface area contributed by atoms with Gasteiger partial charge in [-0.05, 0) is 18.2 Å². The van der Waals surface area contributed by atoms with Crippen LogP contribution in [0.5, 0.6) is 0 Å². The van der Waals surface area contributed by atoms with Crippen molar-refractivity contribution >= 4 is 15.8 Å². The Labute approximate surface area is 83.1 Å². The molecule has 0 spiro atoms. The largest absolute Gasteiger partial charge is 0.294 e. The summed E-state index contributed by atoms with van der Waals surface area (Å²) in [7, 11) is -0.695. The molecule has 14 heavy (non-hydrogen) atoms. The van der Waals surface area contributed by atoms with Gasteiger partial charge in [0, 0.05) is 14.1 Å². The molecular weight excluding hydrogens is 204 g/mol. The molecular formula is C8H11N2O3S. The van der Waals surface area contributed by atoms with Crippen molar-refractivity contribution < 1.29 is 13.0 Å². The smallest absolute Gasteiger partial charge is 0.282 e. The van der Waals surface area contributed by atoms with Crippen LogP contribution in [0.25, 0.3) is 0 Å². The molecule has 0 aliphatic heterocycles. The Morgan fingerprint density at radius 3 is 2.50 bits per heavy atom. The summed E-state index contributed by atoms with van der Waals surface area (Å²) in [4.78, 5) is -0.152. The van der Waals surface area contributed by atoms with E-state index in [0.29, 0.717) is 5.69 Å². The maximum atomic E-state index is 10.8. The second kappa shape index (κ2) is 3.95. The normalized spacial score (nSPS) is 11.7. The fraction of sp³-hybridized carbons (Fsp3) is 0.250. The highest BCUT2D eigenvalue weighted by molar-refractivity contribution is 7.85. The number of benzene rings is 1. The molecule has 0 aliphatic rings. The number of rotatable bonds is 3. The van der Waals surface area contributed by atoms with Crippen molar-refractivity contribution in [1.29, 1.82) is 0 Å². The van der Waals surface area contributed by atoms with E-state index in [9.17, 15) is 8.42 Å². The second-order valence-electron chi connectivity index (χ2n) is 2.92. The monoisotopic (exact) mass is 215 g/mol. The van der Waals surface area contributed by atoms with Gasteiger partial charge in [0.15, 0.2) is 0 Å². The van der Waals surface area contributed by atoms with Crippen LogP contribution < -0.4 is 5.43 Å². The minimum absolute atomic E-state index is 0.152. The van der Waals surface area contributed by atoms with Gasteiger partial charge in [-0.25, -0.2) is 10.4 Å². The molecule has 0 heterocycles. The van der Waals surface area contributed by atoms with Crippen molar-refractivity contribution in [1.82, 2.24) is 10.4 Å². The van der Waals surface area contributed by atoms with Gasteiger partial charge < -0.3 is 0 Å². The highest BCUT2D eigenvalue weighted by Crippen LogP contribution is 2.15. The summed E-state index contributed by atoms with van der Waals surface area (Å²) < 4.78 is 30.3. The molecule has 0 bridgehead atoms. The lowest BCUT2D eigenvalue weighted by atomic mass is 10.3. The Morgan fingerprint density at radius 1 is 1.36 bits per heavy atom. The van der Waals surface area contributed by atoms with E-state index in [0.717, 1.165) is 0 Å². The first-order valence-corrected chi connectivity index (χ1v) is 5.30. The second-order valence-corrected chi connectivity index (χ2v) is 4.34. The molecule has 1 rings (SSSR count). The quantitative estimate of drug-likeness (QED) is 0.593. The topological polar surface area (TPSA) is 71.7 Å². The predicted molar refractivity (Wildman–Crippen MR) is 51.7 cm³/mol. The number of hydrogen-bond acceptors (Lipinski definition) is 3. The van der Waals surface area contributed by atoms with Crippen LogP contribution >= 0.6 is 0 Å². The van der Waals surface area contributed by atoms with Gasteiger partial charge in [-0.3, -0.25) is 4.55 Å². The summed E-state index contributed by atoms with van der Waals surface area (Å²) in [5.74, 6) is 0. The highest BCUT2D eigenvalue weighted by atomic mass is 32.2. The van der Waals surface area contributed by atoms with E-state index in [4.69, 9.17) is 4.55 Å². The van der Waals surface area contributed by atoms with Gasteiger partial charge in [0.05, 0.1) is 10.6 Å². The lowest BCUT2D eigenvalue weighted by Gasteiger charge is -2.09. The molecule has 0 atom stereocenters. The SMILES string of the molecule is CN(C)[N]c1cccc(S(=O)(=O)O)c1. The van der Waals surface area contributed by atoms with E-state index < -0.39 is 10.1 Å². The first-order chi connectivity index (χ1) is 6.39. The van der Waals surface area contributed by atoms with E-state index in [1.54, 1.807) is 25.2 Å². The van der Waals surface area contributed by atoms with E-state index >= 15 is 0 Å². The van der Waals surface area contributed by atoms with Crippen LogP contribution in [0.4, 0.5) is 5.69 Å². The molecule has 0 unspecified atom stereocenters. The van der Waals surface area contributed by atoms with Crippen molar-refractivity contribution in [3.05, 3.63) is 24.3 Å². The molecule has 1 aromatic rings. The summed E-state index contributed by atoms with van der Waals surface area (Å²) in [6, 6.07) is 5.78. The third-order valence-electron chi connectivity index (χ3n) is 1.43. The average Bonchev–Trinajstić information content (AvgIpc) is 2.01. The summed E-state index contributed by atoms with van der Waals surface area (Å²) in [5, 5.41) is 1.54. The van der Waals surface area contributed by atoms with Crippen LogP contribution in [0.3, 0.4) is 0 Å². The standard InChI is InChI=1S/C8H11N2O3S/c1-10(2)9-7-4-3-5-8(6-7)14(11,12)13/h3-6H,1-2H3,(H,11,12,13). The molecule has 1 radical (unpaired) electrons. The molecule has 1 aromatic carbocycles. The van der Waals surface area contributed by atoms with Gasteiger partial charge in [0.2, 0.25) is 0 Å². The summed E-state index contributed by atoms with van der Waals surface area (Å²) in [6.45, 7) is 0. The van der Waals surface area contributed by atoms with Gasteiger partial charge in [0.25, 0.3) is 10.1 Å². The molecule has 77 valence electrons. The molecule has 1 N–H and O–H groups in total. The molecule has 5 nitrogen and oxygen atoms in total. The third-order valence-corrected chi connectivity index (χ3v) is 2.28. The average molecular weight is 215 g/mol. The summed E-state index contributed by atoms with van der Waals surface area (Å²) in [5.41, 5.74) is 4.47. The molecule has 0 saturated heterocycles. The summed E-state index contributed by atoms with van der Waals surface area (Å²) in [6.07, 6.45) is 0. The van der Waals surface area contributed by atoms with Crippen molar-refractivity contribution in [3.63, 3.8) is 0 Å². The van der Waals surface area contributed by atoms with E-state index in [1.807, 2.05) is 0 Å². The van der Waals surface area contributed by atoms with Gasteiger partial charge in [0.1, 0.15) is 0 Å². The lowest BCUT2D eigenvalue weighted by molar-refractivity contribution is 0.339. The predicted octanol–water partition coefficient (Wildman–Crippen LogP) is 0.646. The zero-order valence-electron chi connectivity index (χ0n) is 7.88. The fourth-order valence-corrected chi connectivity index (χ4v) is 1.46. The van der Waals surface area contributed by atoms with E-state index in [-0.39, 0.29) is 4.90 Å². The van der Waals surface area contributed by atoms with Crippen LogP contribution in [0, 0.1) is 0 Å². The van der Waals surface area contributed by atoms with Crippen molar-refractivity contribution in [3.8, 4) is 0 Å². The fourth-order valence-electron chi connectivity index (χ4n) is 0.937. The van der Waals surface area contributed by atoms with Crippen LogP contribution in [-0.2, 0) is 10.1 Å². The maximum absolute atomic E-state index is 10.8. The zero-order chi connectivity index (χ0) is 10.8. The zero-order valence-corrected chi connectivity index (χ0v) is 8.69. The maximum Gasteiger partial charge on any atom is 0.294 e. The molecule has 0 aliphatic carbocycles. The molecule has 0 amide bonds. The lowest BCUT2D eigenvalue weighted by Crippen LogP contribution is -2.18. The summed E-state index contributed by atoms with van der Waals surface area (Å²) >= 11 is 0. The minimum atomic E-state index is -4.14. The van der Waals surface area contributed by atoms with Crippen molar-refractivity contribution in [2.75, 3.05) is 14.1 Å². The van der Waals surface area contributed by atoms with Crippen molar-refractivity contribution in [2.45, 2.75) is 4.90 Å². The number of nitrogens with zero attached hydrogens (tertiary/aromatic N) is 2. The van der Waals surface area contributed by atoms with Crippen molar-refractivity contribution in [2.24, 2.45) is 0 Å². The third kappa shape index (κ3) is 2.99. The van der Waals surface area contributed by atoms with Crippen LogP contribution in [0.2, 0.25) is 0 Å². The molecule has 0 saturated carbocycles. The van der Waals surface area contributed by atoms with Gasteiger partial charge in [-0.2, -0.15) is 8.42 Å². The van der Waals surface area contributed by atoms with Gasteiger partial charge in [-0.15, -0.1) is 0 Å². The first-order valence-electron chi connectivity index (χ1n) is 3.86. The molecule has 0 aromatic heterocycles. The van der Waals surface area contributed by atoms with Gasteiger partial charge in [-0.1, -0.05) is 6.07 Å². The Hall–Kier alpha value is -1.11. The Bertz CT molecular complexity index is 414. The highest BCUT2D eigenvalue weighted by Gasteiger charge is 2.09. The molecule has 0 fully saturated rings.